The molecule has 1 aliphatic heterocycles. The van der Waals surface area contributed by atoms with E-state index < -0.39 is 29.3 Å². The Balaban J connectivity index is 1.97. The summed E-state index contributed by atoms with van der Waals surface area (Å²) in [4.78, 5) is 27.2. The maximum absolute atomic E-state index is 13.6. The van der Waals surface area contributed by atoms with Crippen LogP contribution in [0.4, 0.5) is 10.1 Å². The molecule has 3 aromatic carbocycles. The molecular formula is C24H17ClFNO5. The number of ether oxygens (including phenoxy) is 1. The molecule has 3 aromatic rings. The minimum Gasteiger partial charge on any atom is -0.507 e. The fourth-order valence-electron chi connectivity index (χ4n) is 3.67. The van der Waals surface area contributed by atoms with Crippen molar-refractivity contribution in [3.63, 3.8) is 0 Å². The maximum atomic E-state index is 13.6. The van der Waals surface area contributed by atoms with Crippen molar-refractivity contribution >= 4 is 34.7 Å². The molecule has 6 nitrogen and oxygen atoms in total. The first-order valence-electron chi connectivity index (χ1n) is 9.52. The average molecular weight is 454 g/mol. The van der Waals surface area contributed by atoms with Gasteiger partial charge in [-0.25, -0.2) is 4.39 Å². The highest BCUT2D eigenvalue weighted by molar-refractivity contribution is 6.52. The number of aliphatic hydroxyl groups excluding tert-OH is 1. The number of amides is 1. The number of Topliss-reactive ketones (excluding diaryl/α,β-unsaturated/α-hetero) is 1. The van der Waals surface area contributed by atoms with Gasteiger partial charge in [-0.2, -0.15) is 0 Å². The highest BCUT2D eigenvalue weighted by Gasteiger charge is 2.47. The van der Waals surface area contributed by atoms with Crippen LogP contribution in [0.3, 0.4) is 0 Å². The summed E-state index contributed by atoms with van der Waals surface area (Å²) in [6.45, 7) is 0. The van der Waals surface area contributed by atoms with Crippen molar-refractivity contribution in [2.45, 2.75) is 6.04 Å². The molecule has 162 valence electrons. The normalized spacial score (nSPS) is 17.6. The van der Waals surface area contributed by atoms with Gasteiger partial charge in [-0.1, -0.05) is 35.9 Å². The van der Waals surface area contributed by atoms with Crippen LogP contribution in [0.1, 0.15) is 17.2 Å². The summed E-state index contributed by atoms with van der Waals surface area (Å²) < 4.78 is 18.8. The second kappa shape index (κ2) is 8.36. The molecule has 0 radical (unpaired) electrons. The number of aromatic hydroxyl groups is 1. The Morgan fingerprint density at radius 3 is 2.41 bits per heavy atom. The molecule has 1 saturated heterocycles. The van der Waals surface area contributed by atoms with Gasteiger partial charge in [0, 0.05) is 5.56 Å². The highest BCUT2D eigenvalue weighted by atomic mass is 35.5. The summed E-state index contributed by atoms with van der Waals surface area (Å²) in [6.07, 6.45) is 0. The van der Waals surface area contributed by atoms with Gasteiger partial charge in [0.15, 0.2) is 0 Å². The van der Waals surface area contributed by atoms with Crippen molar-refractivity contribution < 1.29 is 28.9 Å². The Hall–Kier alpha value is -3.84. The molecule has 0 spiro atoms. The quantitative estimate of drug-likeness (QED) is 0.336. The predicted molar refractivity (Wildman–Crippen MR) is 117 cm³/mol. The minimum atomic E-state index is -1.11. The molecule has 0 saturated carbocycles. The number of carbonyl (C=O) groups is 2. The van der Waals surface area contributed by atoms with Crippen LogP contribution >= 0.6 is 11.6 Å². The fraction of sp³-hybridized carbons (Fsp3) is 0.0833. The molecule has 8 heteroatoms. The van der Waals surface area contributed by atoms with Crippen molar-refractivity contribution in [3.05, 3.63) is 94.3 Å². The molecule has 0 aromatic heterocycles. The number of hydrogen-bond acceptors (Lipinski definition) is 5. The molecule has 1 fully saturated rings. The van der Waals surface area contributed by atoms with E-state index in [4.69, 9.17) is 16.3 Å². The van der Waals surface area contributed by atoms with Crippen molar-refractivity contribution in [1.29, 1.82) is 0 Å². The number of phenols is 1. The van der Waals surface area contributed by atoms with Crippen LogP contribution in [0.15, 0.2) is 72.3 Å². The fourth-order valence-corrected chi connectivity index (χ4v) is 3.87. The number of nitrogens with zero attached hydrogens (tertiary/aromatic N) is 1. The first-order chi connectivity index (χ1) is 15.3. The molecule has 1 heterocycles. The van der Waals surface area contributed by atoms with E-state index in [0.717, 1.165) is 4.90 Å². The van der Waals surface area contributed by atoms with Crippen LogP contribution in [-0.4, -0.2) is 29.0 Å². The summed E-state index contributed by atoms with van der Waals surface area (Å²) in [5, 5.41) is 21.7. The zero-order chi connectivity index (χ0) is 23.0. The van der Waals surface area contributed by atoms with Crippen LogP contribution in [0.25, 0.3) is 5.76 Å². The Kier molecular flexibility index (Phi) is 5.59. The van der Waals surface area contributed by atoms with Crippen LogP contribution in [0.5, 0.6) is 11.5 Å². The van der Waals surface area contributed by atoms with Crippen molar-refractivity contribution in [2.24, 2.45) is 0 Å². The lowest BCUT2D eigenvalue weighted by Crippen LogP contribution is -2.29. The van der Waals surface area contributed by atoms with Crippen LogP contribution in [0, 0.1) is 5.82 Å². The standard InChI is InChI=1S/C24H17ClFNO5/c1-32-19-12-14(8-11-16(19)25)22(29)20-21(13-6-9-15(26)10-7-13)27(24(31)23(20)30)17-4-2-3-5-18(17)28/h2-12,21,28-29H,1H3/b22-20-. The summed E-state index contributed by atoms with van der Waals surface area (Å²) in [5.74, 6) is -2.81. The molecule has 2 N–H and O–H groups in total. The van der Waals surface area contributed by atoms with Gasteiger partial charge in [0.25, 0.3) is 11.7 Å². The molecule has 1 atom stereocenters. The second-order valence-corrected chi connectivity index (χ2v) is 7.47. The highest BCUT2D eigenvalue weighted by Crippen LogP contribution is 2.45. The monoisotopic (exact) mass is 453 g/mol. The molecule has 0 aliphatic carbocycles. The van der Waals surface area contributed by atoms with E-state index in [1.54, 1.807) is 12.1 Å². The third kappa shape index (κ3) is 3.56. The van der Waals surface area contributed by atoms with Gasteiger partial charge in [-0.15, -0.1) is 0 Å². The topological polar surface area (TPSA) is 87.1 Å². The predicted octanol–water partition coefficient (Wildman–Crippen LogP) is 4.82. The number of rotatable bonds is 4. The van der Waals surface area contributed by atoms with E-state index in [2.05, 4.69) is 0 Å². The SMILES string of the molecule is COc1cc(/C(O)=C2/C(=O)C(=O)N(c3ccccc3O)C2c2ccc(F)cc2)ccc1Cl. The summed E-state index contributed by atoms with van der Waals surface area (Å²) in [5.41, 5.74) is 0.441. The molecule has 1 unspecified atom stereocenters. The largest absolute Gasteiger partial charge is 0.507 e. The number of phenolic OH excluding ortho intramolecular Hbond substituents is 1. The van der Waals surface area contributed by atoms with Gasteiger partial charge in [-0.3, -0.25) is 14.5 Å². The molecule has 1 aliphatic rings. The van der Waals surface area contributed by atoms with Crippen LogP contribution in [0.2, 0.25) is 5.02 Å². The summed E-state index contributed by atoms with van der Waals surface area (Å²) in [6, 6.07) is 14.5. The van der Waals surface area contributed by atoms with Gasteiger partial charge in [-0.05, 0) is 48.0 Å². The number of para-hydroxylation sites is 2. The maximum Gasteiger partial charge on any atom is 0.300 e. The van der Waals surface area contributed by atoms with E-state index in [1.165, 1.54) is 61.7 Å². The van der Waals surface area contributed by atoms with Gasteiger partial charge in [0.1, 0.15) is 23.1 Å². The zero-order valence-electron chi connectivity index (χ0n) is 16.8. The van der Waals surface area contributed by atoms with Gasteiger partial charge < -0.3 is 14.9 Å². The first-order valence-corrected chi connectivity index (χ1v) is 9.89. The number of anilines is 1. The smallest absolute Gasteiger partial charge is 0.300 e. The van der Waals surface area contributed by atoms with Gasteiger partial charge in [0.05, 0.1) is 29.4 Å². The molecule has 32 heavy (non-hydrogen) atoms. The third-order valence-electron chi connectivity index (χ3n) is 5.20. The molecule has 0 bridgehead atoms. The van der Waals surface area contributed by atoms with E-state index in [-0.39, 0.29) is 28.3 Å². The third-order valence-corrected chi connectivity index (χ3v) is 5.51. The van der Waals surface area contributed by atoms with E-state index in [9.17, 15) is 24.2 Å². The Morgan fingerprint density at radius 2 is 1.75 bits per heavy atom. The Morgan fingerprint density at radius 1 is 1.06 bits per heavy atom. The van der Waals surface area contributed by atoms with Crippen molar-refractivity contribution in [1.82, 2.24) is 0 Å². The lowest BCUT2D eigenvalue weighted by molar-refractivity contribution is -0.132. The van der Waals surface area contributed by atoms with E-state index in [0.29, 0.717) is 10.6 Å². The molecule has 4 rings (SSSR count). The number of methoxy groups -OCH3 is 1. The number of benzene rings is 3. The van der Waals surface area contributed by atoms with Crippen molar-refractivity contribution in [3.8, 4) is 11.5 Å². The minimum absolute atomic E-state index is 0.0802. The number of aliphatic hydroxyl groups is 1. The van der Waals surface area contributed by atoms with Crippen LogP contribution < -0.4 is 9.64 Å². The molecule has 1 amide bonds. The zero-order valence-corrected chi connectivity index (χ0v) is 17.5. The number of hydrogen-bond donors (Lipinski definition) is 2. The van der Waals surface area contributed by atoms with E-state index in [1.807, 2.05) is 0 Å². The Labute approximate surface area is 187 Å². The van der Waals surface area contributed by atoms with E-state index >= 15 is 0 Å². The average Bonchev–Trinajstić information content (AvgIpc) is 3.05. The van der Waals surface area contributed by atoms with Crippen LogP contribution in [-0.2, 0) is 9.59 Å². The first kappa shape index (κ1) is 21.4. The van der Waals surface area contributed by atoms with Gasteiger partial charge >= 0.3 is 0 Å². The number of halogens is 2. The summed E-state index contributed by atoms with van der Waals surface area (Å²) in [7, 11) is 1.40. The van der Waals surface area contributed by atoms with Crippen molar-refractivity contribution in [2.75, 3.05) is 12.0 Å². The second-order valence-electron chi connectivity index (χ2n) is 7.06. The summed E-state index contributed by atoms with van der Waals surface area (Å²) >= 11 is 6.06. The van der Waals surface area contributed by atoms with Gasteiger partial charge in [0.2, 0.25) is 0 Å². The molecular weight excluding hydrogens is 437 g/mol. The number of carbonyl (C=O) groups excluding carboxylic acids is 2. The number of ketones is 1. The Bertz CT molecular complexity index is 1260. The lowest BCUT2D eigenvalue weighted by atomic mass is 9.95. The lowest BCUT2D eigenvalue weighted by Gasteiger charge is -2.26.